The van der Waals surface area contributed by atoms with Crippen LogP contribution in [-0.2, 0) is 20.9 Å². The lowest BCUT2D eigenvalue weighted by Crippen LogP contribution is -2.59. The second kappa shape index (κ2) is 8.78. The second-order valence-corrected chi connectivity index (χ2v) is 9.69. The third kappa shape index (κ3) is 3.65. The zero-order valence-corrected chi connectivity index (χ0v) is 19.7. The van der Waals surface area contributed by atoms with E-state index >= 15 is 0 Å². The first-order chi connectivity index (χ1) is 16.8. The minimum Gasteiger partial charge on any atom is -0.480 e. The number of carbonyl (C=O) groups excluding carboxylic acids is 2. The van der Waals surface area contributed by atoms with Crippen LogP contribution in [0.3, 0.4) is 0 Å². The first-order valence-corrected chi connectivity index (χ1v) is 11.9. The maximum absolute atomic E-state index is 13.7. The number of carbonyl (C=O) groups is 3. The molecule has 2 N–H and O–H groups in total. The molecule has 0 saturated carbocycles. The van der Waals surface area contributed by atoms with Gasteiger partial charge in [0.15, 0.2) is 0 Å². The minimum absolute atomic E-state index is 0.138. The molecular weight excluding hydrogens is 440 g/mol. The van der Waals surface area contributed by atoms with E-state index in [2.05, 4.69) is 5.32 Å². The summed E-state index contributed by atoms with van der Waals surface area (Å²) in [7, 11) is 0. The summed E-state index contributed by atoms with van der Waals surface area (Å²) >= 11 is 0. The fourth-order valence-electron chi connectivity index (χ4n) is 5.70. The van der Waals surface area contributed by atoms with Gasteiger partial charge < -0.3 is 5.11 Å². The number of likely N-dealkylation sites (tertiary alicyclic amines) is 1. The molecule has 3 aromatic rings. The van der Waals surface area contributed by atoms with E-state index in [0.29, 0.717) is 0 Å². The highest BCUT2D eigenvalue weighted by Crippen LogP contribution is 2.51. The molecule has 2 amide bonds. The lowest BCUT2D eigenvalue weighted by Gasteiger charge is -2.34. The fourth-order valence-corrected chi connectivity index (χ4v) is 5.70. The molecule has 35 heavy (non-hydrogen) atoms. The monoisotopic (exact) mass is 468 g/mol. The van der Waals surface area contributed by atoms with Crippen LogP contribution in [0, 0.1) is 17.8 Å². The van der Waals surface area contributed by atoms with Gasteiger partial charge in [-0.1, -0.05) is 98.8 Å². The Morgan fingerprint density at radius 3 is 2.03 bits per heavy atom. The normalized spacial score (nSPS) is 25.8. The smallest absolute Gasteiger partial charge is 0.325 e. The maximum Gasteiger partial charge on any atom is 0.325 e. The van der Waals surface area contributed by atoms with Crippen LogP contribution in [0.1, 0.15) is 31.0 Å². The van der Waals surface area contributed by atoms with E-state index < -0.39 is 41.2 Å². The number of benzene rings is 3. The summed E-state index contributed by atoms with van der Waals surface area (Å²) in [4.78, 5) is 41.3. The van der Waals surface area contributed by atoms with Gasteiger partial charge in [0, 0.05) is 6.04 Å². The van der Waals surface area contributed by atoms with E-state index in [4.69, 9.17) is 0 Å². The molecular formula is C29H28N2O4. The summed E-state index contributed by atoms with van der Waals surface area (Å²) in [6.45, 7) is 3.71. The van der Waals surface area contributed by atoms with E-state index in [9.17, 15) is 19.5 Å². The van der Waals surface area contributed by atoms with Gasteiger partial charge in [0.2, 0.25) is 11.8 Å². The predicted molar refractivity (Wildman–Crippen MR) is 132 cm³/mol. The number of hydrogen-bond acceptors (Lipinski definition) is 4. The van der Waals surface area contributed by atoms with E-state index in [-0.39, 0.29) is 12.5 Å². The Hall–Kier alpha value is -3.77. The quantitative estimate of drug-likeness (QED) is 0.528. The molecule has 2 heterocycles. The highest BCUT2D eigenvalue weighted by Gasteiger charge is 2.69. The Morgan fingerprint density at radius 2 is 1.46 bits per heavy atom. The molecule has 6 heteroatoms. The van der Waals surface area contributed by atoms with Crippen LogP contribution in [0.25, 0.3) is 11.1 Å². The number of amides is 2. The molecule has 4 unspecified atom stereocenters. The van der Waals surface area contributed by atoms with Gasteiger partial charge in [0.1, 0.15) is 5.54 Å². The van der Waals surface area contributed by atoms with Gasteiger partial charge in [0.25, 0.3) is 0 Å². The van der Waals surface area contributed by atoms with Crippen LogP contribution in [0.15, 0.2) is 84.9 Å². The molecule has 2 saturated heterocycles. The van der Waals surface area contributed by atoms with Crippen molar-refractivity contribution in [3.8, 4) is 11.1 Å². The summed E-state index contributed by atoms with van der Waals surface area (Å²) in [5.41, 5.74) is 2.19. The van der Waals surface area contributed by atoms with Crippen molar-refractivity contribution in [2.75, 3.05) is 0 Å². The van der Waals surface area contributed by atoms with Crippen molar-refractivity contribution < 1.29 is 19.5 Å². The molecule has 0 bridgehead atoms. The van der Waals surface area contributed by atoms with Crippen LogP contribution >= 0.6 is 0 Å². The molecule has 6 nitrogen and oxygen atoms in total. The molecule has 0 spiro atoms. The third-order valence-electron chi connectivity index (χ3n) is 7.51. The Labute approximate surface area is 204 Å². The van der Waals surface area contributed by atoms with Crippen molar-refractivity contribution in [3.63, 3.8) is 0 Å². The van der Waals surface area contributed by atoms with Crippen LogP contribution < -0.4 is 5.32 Å². The van der Waals surface area contributed by atoms with Crippen LogP contribution in [0.4, 0.5) is 0 Å². The average molecular weight is 469 g/mol. The van der Waals surface area contributed by atoms with E-state index in [1.54, 1.807) is 13.8 Å². The highest BCUT2D eigenvalue weighted by atomic mass is 16.4. The fraction of sp³-hybridized carbons (Fsp3) is 0.276. The molecule has 5 rings (SSSR count). The Kier molecular flexibility index (Phi) is 5.77. The first kappa shape index (κ1) is 23.0. The molecule has 2 fully saturated rings. The highest BCUT2D eigenvalue weighted by molar-refractivity contribution is 6.09. The van der Waals surface area contributed by atoms with Crippen molar-refractivity contribution in [1.29, 1.82) is 0 Å². The summed E-state index contributed by atoms with van der Waals surface area (Å²) in [5.74, 6) is -4.02. The zero-order valence-electron chi connectivity index (χ0n) is 19.7. The Bertz CT molecular complexity index is 1260. The number of fused-ring (bicyclic) bond motifs is 1. The van der Waals surface area contributed by atoms with Gasteiger partial charge in [-0.3, -0.25) is 24.6 Å². The summed E-state index contributed by atoms with van der Waals surface area (Å²) in [5, 5.41) is 13.6. The predicted octanol–water partition coefficient (Wildman–Crippen LogP) is 4.28. The average Bonchev–Trinajstić information content (AvgIpc) is 3.36. The van der Waals surface area contributed by atoms with Gasteiger partial charge in [-0.2, -0.15) is 0 Å². The molecule has 2 aliphatic rings. The summed E-state index contributed by atoms with van der Waals surface area (Å²) in [6, 6.07) is 26.5. The van der Waals surface area contributed by atoms with E-state index in [1.807, 2.05) is 84.9 Å². The van der Waals surface area contributed by atoms with Gasteiger partial charge in [-0.25, -0.2) is 0 Å². The lowest BCUT2D eigenvalue weighted by molar-refractivity contribution is -0.153. The van der Waals surface area contributed by atoms with Crippen molar-refractivity contribution >= 4 is 17.8 Å². The molecule has 4 atom stereocenters. The van der Waals surface area contributed by atoms with E-state index in [1.165, 1.54) is 4.90 Å². The largest absolute Gasteiger partial charge is 0.480 e. The number of carboxylic acids is 1. The molecule has 0 aromatic heterocycles. The van der Waals surface area contributed by atoms with Crippen LogP contribution in [-0.4, -0.2) is 33.3 Å². The van der Waals surface area contributed by atoms with Crippen LogP contribution in [0.5, 0.6) is 0 Å². The summed E-state index contributed by atoms with van der Waals surface area (Å²) in [6.07, 6.45) is 0. The lowest BCUT2D eigenvalue weighted by atomic mass is 9.73. The Morgan fingerprint density at radius 1 is 0.886 bits per heavy atom. The number of carboxylic acid groups (broad SMARTS) is 1. The number of imide groups is 1. The van der Waals surface area contributed by atoms with Gasteiger partial charge in [0.05, 0.1) is 18.4 Å². The van der Waals surface area contributed by atoms with E-state index in [0.717, 1.165) is 22.3 Å². The van der Waals surface area contributed by atoms with Crippen LogP contribution in [0.2, 0.25) is 0 Å². The SMILES string of the molecule is CC(C)C1(C(=O)O)NC(c2ccc(-c3ccccc3)cc2)C2C(=O)N(Cc3ccccc3)C(=O)C21. The number of hydrogen-bond donors (Lipinski definition) is 2. The topological polar surface area (TPSA) is 86.7 Å². The zero-order chi connectivity index (χ0) is 24.7. The van der Waals surface area contributed by atoms with Crippen molar-refractivity contribution in [2.45, 2.75) is 32.0 Å². The number of rotatable bonds is 6. The second-order valence-electron chi connectivity index (χ2n) is 9.69. The molecule has 178 valence electrons. The molecule has 2 aliphatic heterocycles. The minimum atomic E-state index is -1.54. The number of aliphatic carboxylic acids is 1. The van der Waals surface area contributed by atoms with Gasteiger partial charge >= 0.3 is 5.97 Å². The van der Waals surface area contributed by atoms with Crippen molar-refractivity contribution in [1.82, 2.24) is 10.2 Å². The number of nitrogens with zero attached hydrogens (tertiary/aromatic N) is 1. The summed E-state index contributed by atoms with van der Waals surface area (Å²) < 4.78 is 0. The molecule has 0 aliphatic carbocycles. The van der Waals surface area contributed by atoms with Gasteiger partial charge in [-0.05, 0) is 28.2 Å². The molecule has 3 aromatic carbocycles. The maximum atomic E-state index is 13.7. The number of nitrogens with one attached hydrogen (secondary N) is 1. The molecule has 0 radical (unpaired) electrons. The van der Waals surface area contributed by atoms with Gasteiger partial charge in [-0.15, -0.1) is 0 Å². The third-order valence-corrected chi connectivity index (χ3v) is 7.51. The van der Waals surface area contributed by atoms with Crippen molar-refractivity contribution in [2.24, 2.45) is 17.8 Å². The first-order valence-electron chi connectivity index (χ1n) is 11.9. The standard InChI is InChI=1S/C29H28N2O4/c1-18(2)29(28(34)35)24-23(26(32)31(27(24)33)17-19-9-5-3-6-10-19)25(30-29)22-15-13-21(14-16-22)20-11-7-4-8-12-20/h3-16,18,23-25,30H,17H2,1-2H3,(H,34,35). The Balaban J connectivity index is 1.54. The van der Waals surface area contributed by atoms with Crippen molar-refractivity contribution in [3.05, 3.63) is 96.1 Å².